The predicted octanol–water partition coefficient (Wildman–Crippen LogP) is 4.68. The minimum absolute atomic E-state index is 0.115. The van der Waals surface area contributed by atoms with Crippen LogP contribution in [0, 0.1) is 0 Å². The molecule has 0 radical (unpaired) electrons. The summed E-state index contributed by atoms with van der Waals surface area (Å²) in [6.45, 7) is 7.77. The van der Waals surface area contributed by atoms with Gasteiger partial charge in [-0.2, -0.15) is 0 Å². The second-order valence-electron chi connectivity index (χ2n) is 5.30. The molecule has 0 unspecified atom stereocenters. The van der Waals surface area contributed by atoms with Gasteiger partial charge in [0, 0.05) is 10.0 Å². The van der Waals surface area contributed by atoms with E-state index in [1.165, 1.54) is 4.90 Å². The molecule has 0 aliphatic carbocycles. The fourth-order valence-electron chi connectivity index (χ4n) is 2.14. The summed E-state index contributed by atoms with van der Waals surface area (Å²) in [5.41, 5.74) is 0.609. The van der Waals surface area contributed by atoms with Crippen molar-refractivity contribution in [1.29, 1.82) is 0 Å². The summed E-state index contributed by atoms with van der Waals surface area (Å²) in [4.78, 5) is 13.0. The minimum Gasteiger partial charge on any atom is -0.465 e. The number of rotatable bonds is 3. The molecule has 3 nitrogen and oxygen atoms in total. The van der Waals surface area contributed by atoms with Crippen LogP contribution in [0.3, 0.4) is 0 Å². The Kier molecular flexibility index (Phi) is 4.79. The first-order valence-electron chi connectivity index (χ1n) is 6.05. The zero-order valence-electron chi connectivity index (χ0n) is 11.3. The van der Waals surface area contributed by atoms with Crippen LogP contribution in [-0.2, 0) is 0 Å². The lowest BCUT2D eigenvalue weighted by Gasteiger charge is -2.39. The highest BCUT2D eigenvalue weighted by Crippen LogP contribution is 2.31. The highest BCUT2D eigenvalue weighted by atomic mass is 79.9. The summed E-state index contributed by atoms with van der Waals surface area (Å²) in [6, 6.07) is 7.72. The van der Waals surface area contributed by atoms with Gasteiger partial charge in [-0.15, -0.1) is 0 Å². The van der Waals surface area contributed by atoms with Gasteiger partial charge < -0.3 is 5.11 Å². The molecule has 1 atom stereocenters. The van der Waals surface area contributed by atoms with E-state index in [2.05, 4.69) is 15.9 Å². The van der Waals surface area contributed by atoms with Gasteiger partial charge in [-0.1, -0.05) is 35.0 Å². The van der Waals surface area contributed by atoms with E-state index in [-0.39, 0.29) is 6.04 Å². The Labute approximate surface area is 117 Å². The Morgan fingerprint density at radius 1 is 1.33 bits per heavy atom. The summed E-state index contributed by atoms with van der Waals surface area (Å²) in [5.74, 6) is 0. The molecule has 0 aliphatic rings. The Bertz CT molecular complexity index is 409. The zero-order chi connectivity index (χ0) is 13.9. The standard InChI is InChI=1S/C14H20BrNO2/c1-5-12(10-6-8-11(15)9-7-10)16(13(17)18)14(2,3)4/h6-9,12H,5H2,1-4H3,(H,17,18)/t12-/m1/s1. The van der Waals surface area contributed by atoms with Crippen molar-refractivity contribution in [2.75, 3.05) is 0 Å². The highest BCUT2D eigenvalue weighted by Gasteiger charge is 2.32. The van der Waals surface area contributed by atoms with E-state index in [1.54, 1.807) is 0 Å². The van der Waals surface area contributed by atoms with Crippen molar-refractivity contribution in [2.24, 2.45) is 0 Å². The highest BCUT2D eigenvalue weighted by molar-refractivity contribution is 9.10. The summed E-state index contributed by atoms with van der Waals surface area (Å²) in [6.07, 6.45) is -0.122. The number of halogens is 1. The molecule has 1 rings (SSSR count). The zero-order valence-corrected chi connectivity index (χ0v) is 12.9. The van der Waals surface area contributed by atoms with E-state index in [0.717, 1.165) is 16.5 Å². The van der Waals surface area contributed by atoms with Crippen molar-refractivity contribution in [1.82, 2.24) is 4.90 Å². The van der Waals surface area contributed by atoms with E-state index in [1.807, 2.05) is 52.0 Å². The molecule has 0 bridgehead atoms. The van der Waals surface area contributed by atoms with Gasteiger partial charge in [-0.05, 0) is 44.9 Å². The van der Waals surface area contributed by atoms with Crippen LogP contribution in [0.25, 0.3) is 0 Å². The lowest BCUT2D eigenvalue weighted by atomic mass is 9.97. The normalized spacial score (nSPS) is 13.2. The maximum absolute atomic E-state index is 11.5. The van der Waals surface area contributed by atoms with Crippen LogP contribution >= 0.6 is 15.9 Å². The van der Waals surface area contributed by atoms with Crippen molar-refractivity contribution in [3.63, 3.8) is 0 Å². The van der Waals surface area contributed by atoms with E-state index in [9.17, 15) is 9.90 Å². The van der Waals surface area contributed by atoms with Crippen LogP contribution in [0.2, 0.25) is 0 Å². The van der Waals surface area contributed by atoms with Gasteiger partial charge in [0.05, 0.1) is 6.04 Å². The molecule has 0 aliphatic heterocycles. The van der Waals surface area contributed by atoms with Crippen LogP contribution in [0.4, 0.5) is 4.79 Å². The molecule has 0 saturated carbocycles. The largest absolute Gasteiger partial charge is 0.465 e. The third kappa shape index (κ3) is 3.48. The molecule has 100 valence electrons. The van der Waals surface area contributed by atoms with Crippen LogP contribution in [0.5, 0.6) is 0 Å². The quantitative estimate of drug-likeness (QED) is 0.880. The van der Waals surface area contributed by atoms with Crippen LogP contribution < -0.4 is 0 Å². The third-order valence-corrected chi connectivity index (χ3v) is 3.41. The molecule has 0 heterocycles. The molecular weight excluding hydrogens is 294 g/mol. The lowest BCUT2D eigenvalue weighted by molar-refractivity contribution is 0.0682. The maximum atomic E-state index is 11.5. The molecule has 1 aromatic carbocycles. The molecule has 4 heteroatoms. The van der Waals surface area contributed by atoms with Gasteiger partial charge in [0.25, 0.3) is 0 Å². The van der Waals surface area contributed by atoms with Gasteiger partial charge in [0.15, 0.2) is 0 Å². The van der Waals surface area contributed by atoms with Crippen molar-refractivity contribution >= 4 is 22.0 Å². The van der Waals surface area contributed by atoms with Gasteiger partial charge in [0.2, 0.25) is 0 Å². The van der Waals surface area contributed by atoms with E-state index in [0.29, 0.717) is 0 Å². The Morgan fingerprint density at radius 3 is 2.17 bits per heavy atom. The summed E-state index contributed by atoms with van der Waals surface area (Å²) >= 11 is 3.39. The number of amides is 1. The van der Waals surface area contributed by atoms with Gasteiger partial charge in [-0.25, -0.2) is 4.79 Å². The number of carbonyl (C=O) groups is 1. The average molecular weight is 314 g/mol. The molecule has 18 heavy (non-hydrogen) atoms. The molecule has 0 saturated heterocycles. The fourth-order valence-corrected chi connectivity index (χ4v) is 2.40. The number of nitrogens with zero attached hydrogens (tertiary/aromatic N) is 1. The van der Waals surface area contributed by atoms with Gasteiger partial charge in [0.1, 0.15) is 0 Å². The number of carboxylic acid groups (broad SMARTS) is 1. The molecule has 0 aromatic heterocycles. The van der Waals surface area contributed by atoms with Crippen molar-refractivity contribution in [3.8, 4) is 0 Å². The number of benzene rings is 1. The molecule has 1 N–H and O–H groups in total. The monoisotopic (exact) mass is 313 g/mol. The number of hydrogen-bond donors (Lipinski definition) is 1. The minimum atomic E-state index is -0.878. The maximum Gasteiger partial charge on any atom is 0.408 e. The van der Waals surface area contributed by atoms with E-state index < -0.39 is 11.6 Å². The second-order valence-corrected chi connectivity index (χ2v) is 6.21. The Hall–Kier alpha value is -1.03. The second kappa shape index (κ2) is 5.74. The Balaban J connectivity index is 3.14. The molecule has 0 fully saturated rings. The summed E-state index contributed by atoms with van der Waals surface area (Å²) in [7, 11) is 0. The Morgan fingerprint density at radius 2 is 1.83 bits per heavy atom. The molecule has 0 spiro atoms. The van der Waals surface area contributed by atoms with Crippen LogP contribution in [0.1, 0.15) is 45.7 Å². The SMILES string of the molecule is CC[C@H](c1ccc(Br)cc1)N(C(=O)O)C(C)(C)C. The smallest absolute Gasteiger partial charge is 0.408 e. The average Bonchev–Trinajstić information content (AvgIpc) is 2.24. The molecule has 1 amide bonds. The molecule has 1 aromatic rings. The van der Waals surface area contributed by atoms with Crippen LogP contribution in [0.15, 0.2) is 28.7 Å². The summed E-state index contributed by atoms with van der Waals surface area (Å²) < 4.78 is 0.999. The number of hydrogen-bond acceptors (Lipinski definition) is 1. The lowest BCUT2D eigenvalue weighted by Crippen LogP contribution is -2.47. The van der Waals surface area contributed by atoms with E-state index in [4.69, 9.17) is 0 Å². The van der Waals surface area contributed by atoms with Crippen LogP contribution in [-0.4, -0.2) is 21.6 Å². The first-order valence-corrected chi connectivity index (χ1v) is 6.84. The van der Waals surface area contributed by atoms with Gasteiger partial charge >= 0.3 is 6.09 Å². The first-order chi connectivity index (χ1) is 8.27. The summed E-state index contributed by atoms with van der Waals surface area (Å²) in [5, 5.41) is 9.44. The van der Waals surface area contributed by atoms with Crippen molar-refractivity contribution < 1.29 is 9.90 Å². The fraction of sp³-hybridized carbons (Fsp3) is 0.500. The first kappa shape index (κ1) is 15.0. The van der Waals surface area contributed by atoms with E-state index >= 15 is 0 Å². The predicted molar refractivity (Wildman–Crippen MR) is 76.8 cm³/mol. The molecular formula is C14H20BrNO2. The van der Waals surface area contributed by atoms with Gasteiger partial charge in [-0.3, -0.25) is 4.90 Å². The van der Waals surface area contributed by atoms with Crippen molar-refractivity contribution in [3.05, 3.63) is 34.3 Å². The third-order valence-electron chi connectivity index (χ3n) is 2.88. The topological polar surface area (TPSA) is 40.5 Å². The van der Waals surface area contributed by atoms with Crippen molar-refractivity contribution in [2.45, 2.75) is 45.7 Å².